The maximum Gasteiger partial charge on any atom is 0.324 e. The summed E-state index contributed by atoms with van der Waals surface area (Å²) in [7, 11) is 0. The molecule has 3 amide bonds. The number of para-hydroxylation sites is 2. The van der Waals surface area contributed by atoms with E-state index in [0.717, 1.165) is 29.8 Å². The summed E-state index contributed by atoms with van der Waals surface area (Å²) in [5.41, 5.74) is 1.79. The number of amides is 3. The molecule has 1 N–H and O–H groups in total. The molecule has 7 heteroatoms. The molecule has 1 atom stereocenters. The van der Waals surface area contributed by atoms with Crippen LogP contribution in [0.5, 0.6) is 5.75 Å². The van der Waals surface area contributed by atoms with E-state index in [-0.39, 0.29) is 17.9 Å². The van der Waals surface area contributed by atoms with Crippen molar-refractivity contribution in [3.05, 3.63) is 59.1 Å². The van der Waals surface area contributed by atoms with E-state index in [1.807, 2.05) is 48.5 Å². The van der Waals surface area contributed by atoms with Gasteiger partial charge in [-0.05, 0) is 42.7 Å². The molecule has 2 aliphatic rings. The van der Waals surface area contributed by atoms with Crippen molar-refractivity contribution < 1.29 is 14.3 Å². The highest BCUT2D eigenvalue weighted by atomic mass is 35.5. The number of hydrogen-bond acceptors (Lipinski definition) is 3. The lowest BCUT2D eigenvalue weighted by molar-refractivity contribution is -0.126. The Labute approximate surface area is 175 Å². The van der Waals surface area contributed by atoms with E-state index in [1.54, 1.807) is 9.80 Å². The topological polar surface area (TPSA) is 61.9 Å². The highest BCUT2D eigenvalue weighted by Crippen LogP contribution is 2.32. The fourth-order valence-corrected chi connectivity index (χ4v) is 3.97. The lowest BCUT2D eigenvalue weighted by Gasteiger charge is -2.37. The number of nitrogens with one attached hydrogen (secondary N) is 1. The first-order valence-electron chi connectivity index (χ1n) is 9.92. The lowest BCUT2D eigenvalue weighted by atomic mass is 9.97. The lowest BCUT2D eigenvalue weighted by Crippen LogP contribution is -2.52. The van der Waals surface area contributed by atoms with Crippen LogP contribution in [-0.2, 0) is 11.3 Å². The minimum atomic E-state index is -0.198. The quantitative estimate of drug-likeness (QED) is 0.834. The Hall–Kier alpha value is -2.73. The number of benzene rings is 2. The summed E-state index contributed by atoms with van der Waals surface area (Å²) >= 11 is 5.90. The zero-order valence-corrected chi connectivity index (χ0v) is 16.9. The number of carbonyl (C=O) groups is 2. The largest absolute Gasteiger partial charge is 0.490 e. The summed E-state index contributed by atoms with van der Waals surface area (Å²) in [6, 6.07) is 14.9. The summed E-state index contributed by atoms with van der Waals surface area (Å²) in [6.07, 6.45) is 1.60. The van der Waals surface area contributed by atoms with Crippen LogP contribution in [0.2, 0.25) is 5.02 Å². The smallest absolute Gasteiger partial charge is 0.324 e. The molecule has 152 valence electrons. The third-order valence-electron chi connectivity index (χ3n) is 5.40. The minimum absolute atomic E-state index is 0.0140. The first-order chi connectivity index (χ1) is 14.1. The van der Waals surface area contributed by atoms with Gasteiger partial charge in [0.1, 0.15) is 12.4 Å². The average molecular weight is 414 g/mol. The highest BCUT2D eigenvalue weighted by Gasteiger charge is 2.33. The number of ether oxygens (including phenoxy) is 1. The standard InChI is InChI=1S/C22H24ClN3O3/c23-18-9-7-16(8-10-18)14-24-21(27)17-4-3-11-25(15-17)22(28)26-12-13-29-20-6-2-1-5-19(20)26/h1-2,5-10,17H,3-4,11-15H2,(H,24,27). The molecule has 0 aromatic heterocycles. The van der Waals surface area contributed by atoms with Crippen molar-refractivity contribution in [3.63, 3.8) is 0 Å². The van der Waals surface area contributed by atoms with Gasteiger partial charge in [0, 0.05) is 24.7 Å². The normalized spacial score (nSPS) is 18.6. The van der Waals surface area contributed by atoms with E-state index >= 15 is 0 Å². The monoisotopic (exact) mass is 413 g/mol. The second kappa shape index (κ2) is 8.74. The van der Waals surface area contributed by atoms with Gasteiger partial charge in [0.25, 0.3) is 0 Å². The number of rotatable bonds is 3. The van der Waals surface area contributed by atoms with Crippen molar-refractivity contribution in [1.82, 2.24) is 10.2 Å². The maximum absolute atomic E-state index is 13.1. The Morgan fingerprint density at radius 2 is 1.90 bits per heavy atom. The Morgan fingerprint density at radius 1 is 1.10 bits per heavy atom. The predicted molar refractivity (Wildman–Crippen MR) is 112 cm³/mol. The number of hydrogen-bond donors (Lipinski definition) is 1. The number of carbonyl (C=O) groups excluding carboxylic acids is 2. The van der Waals surface area contributed by atoms with E-state index in [9.17, 15) is 9.59 Å². The number of likely N-dealkylation sites (tertiary alicyclic amines) is 1. The average Bonchev–Trinajstić information content (AvgIpc) is 2.77. The zero-order chi connectivity index (χ0) is 20.2. The van der Waals surface area contributed by atoms with Gasteiger partial charge in [-0.2, -0.15) is 0 Å². The minimum Gasteiger partial charge on any atom is -0.490 e. The van der Waals surface area contributed by atoms with Gasteiger partial charge >= 0.3 is 6.03 Å². The maximum atomic E-state index is 13.1. The van der Waals surface area contributed by atoms with Crippen LogP contribution in [0, 0.1) is 5.92 Å². The summed E-state index contributed by atoms with van der Waals surface area (Å²) in [4.78, 5) is 29.4. The van der Waals surface area contributed by atoms with Gasteiger partial charge in [-0.1, -0.05) is 35.9 Å². The SMILES string of the molecule is O=C(NCc1ccc(Cl)cc1)C1CCCN(C(=O)N2CCOc3ccccc32)C1. The Morgan fingerprint density at radius 3 is 2.72 bits per heavy atom. The molecule has 0 spiro atoms. The molecular weight excluding hydrogens is 390 g/mol. The molecule has 0 saturated carbocycles. The van der Waals surface area contributed by atoms with Crippen LogP contribution < -0.4 is 15.0 Å². The van der Waals surface area contributed by atoms with Crippen LogP contribution in [0.15, 0.2) is 48.5 Å². The van der Waals surface area contributed by atoms with Gasteiger partial charge in [0.15, 0.2) is 0 Å². The number of piperidine rings is 1. The molecule has 1 saturated heterocycles. The fourth-order valence-electron chi connectivity index (χ4n) is 3.84. The molecule has 0 bridgehead atoms. The Balaban J connectivity index is 1.37. The molecule has 1 unspecified atom stereocenters. The first-order valence-corrected chi connectivity index (χ1v) is 10.3. The van der Waals surface area contributed by atoms with Crippen molar-refractivity contribution in [2.24, 2.45) is 5.92 Å². The summed E-state index contributed by atoms with van der Waals surface area (Å²) in [6.45, 7) is 2.54. The van der Waals surface area contributed by atoms with Crippen molar-refractivity contribution in [1.29, 1.82) is 0 Å². The van der Waals surface area contributed by atoms with Crippen LogP contribution in [0.3, 0.4) is 0 Å². The van der Waals surface area contributed by atoms with Crippen molar-refractivity contribution in [3.8, 4) is 5.75 Å². The van der Waals surface area contributed by atoms with Crippen LogP contribution >= 0.6 is 11.6 Å². The van der Waals surface area contributed by atoms with E-state index < -0.39 is 0 Å². The second-order valence-electron chi connectivity index (χ2n) is 7.38. The van der Waals surface area contributed by atoms with Crippen molar-refractivity contribution in [2.75, 3.05) is 31.1 Å². The molecule has 1 fully saturated rings. The van der Waals surface area contributed by atoms with Gasteiger partial charge in [0.05, 0.1) is 18.2 Å². The second-order valence-corrected chi connectivity index (χ2v) is 7.82. The molecule has 6 nitrogen and oxygen atoms in total. The van der Waals surface area contributed by atoms with E-state index in [1.165, 1.54) is 0 Å². The summed E-state index contributed by atoms with van der Waals surface area (Å²) in [5, 5.41) is 3.66. The summed E-state index contributed by atoms with van der Waals surface area (Å²) in [5.74, 6) is 0.512. The molecule has 4 rings (SSSR count). The van der Waals surface area contributed by atoms with Crippen LogP contribution in [0.25, 0.3) is 0 Å². The van der Waals surface area contributed by atoms with Crippen molar-refractivity contribution >= 4 is 29.2 Å². The van der Waals surface area contributed by atoms with Gasteiger partial charge < -0.3 is 15.0 Å². The first kappa shape index (κ1) is 19.6. The molecule has 2 heterocycles. The molecule has 2 aromatic carbocycles. The predicted octanol–water partition coefficient (Wildman–Crippen LogP) is 3.69. The van der Waals surface area contributed by atoms with Gasteiger partial charge in [-0.3, -0.25) is 9.69 Å². The van der Waals surface area contributed by atoms with Crippen LogP contribution in [-0.4, -0.2) is 43.1 Å². The number of nitrogens with zero attached hydrogens (tertiary/aromatic N) is 2. The van der Waals surface area contributed by atoms with Crippen LogP contribution in [0.1, 0.15) is 18.4 Å². The van der Waals surface area contributed by atoms with Gasteiger partial charge in [0.2, 0.25) is 5.91 Å². The summed E-state index contributed by atoms with van der Waals surface area (Å²) < 4.78 is 5.65. The molecule has 0 radical (unpaired) electrons. The van der Waals surface area contributed by atoms with E-state index in [2.05, 4.69) is 5.32 Å². The highest BCUT2D eigenvalue weighted by molar-refractivity contribution is 6.30. The number of anilines is 1. The van der Waals surface area contributed by atoms with Gasteiger partial charge in [-0.15, -0.1) is 0 Å². The van der Waals surface area contributed by atoms with E-state index in [0.29, 0.717) is 37.8 Å². The van der Waals surface area contributed by atoms with Gasteiger partial charge in [-0.25, -0.2) is 4.79 Å². The molecule has 2 aliphatic heterocycles. The number of halogens is 1. The Kier molecular flexibility index (Phi) is 5.90. The van der Waals surface area contributed by atoms with Crippen molar-refractivity contribution in [2.45, 2.75) is 19.4 Å². The molecular formula is C22H24ClN3O3. The number of fused-ring (bicyclic) bond motifs is 1. The third-order valence-corrected chi connectivity index (χ3v) is 5.65. The number of urea groups is 1. The fraction of sp³-hybridized carbons (Fsp3) is 0.364. The third kappa shape index (κ3) is 4.48. The molecule has 29 heavy (non-hydrogen) atoms. The van der Waals surface area contributed by atoms with Crippen LogP contribution in [0.4, 0.5) is 10.5 Å². The molecule has 2 aromatic rings. The molecule has 0 aliphatic carbocycles. The van der Waals surface area contributed by atoms with E-state index in [4.69, 9.17) is 16.3 Å². The Bertz CT molecular complexity index is 887. The zero-order valence-electron chi connectivity index (χ0n) is 16.1.